The van der Waals surface area contributed by atoms with Crippen LogP contribution in [0.15, 0.2) is 66.7 Å². The number of ether oxygens (including phenoxy) is 1. The average Bonchev–Trinajstić information content (AvgIpc) is 2.72. The second kappa shape index (κ2) is 7.98. The van der Waals surface area contributed by atoms with Gasteiger partial charge in [0.15, 0.2) is 0 Å². The number of rotatable bonds is 4. The molecule has 4 rings (SSSR count). The molecule has 0 saturated carbocycles. The van der Waals surface area contributed by atoms with Crippen molar-refractivity contribution < 1.29 is 19.0 Å². The lowest BCUT2D eigenvalue weighted by Gasteiger charge is -2.40. The van der Waals surface area contributed by atoms with E-state index in [1.807, 2.05) is 36.4 Å². The molecule has 1 saturated heterocycles. The zero-order chi connectivity index (χ0) is 19.5. The van der Waals surface area contributed by atoms with Crippen LogP contribution in [0.25, 0.3) is 10.8 Å². The van der Waals surface area contributed by atoms with Crippen LogP contribution in [0.3, 0.4) is 0 Å². The summed E-state index contributed by atoms with van der Waals surface area (Å²) in [5, 5.41) is 13.6. The van der Waals surface area contributed by atoms with Gasteiger partial charge >= 0.3 is 0 Å². The molecular formula is C23H21FNO3-. The van der Waals surface area contributed by atoms with E-state index in [2.05, 4.69) is 6.07 Å². The molecule has 5 heteroatoms. The Balaban J connectivity index is 1.55. The van der Waals surface area contributed by atoms with Crippen LogP contribution in [0.2, 0.25) is 0 Å². The van der Waals surface area contributed by atoms with Crippen LogP contribution >= 0.6 is 0 Å². The predicted molar refractivity (Wildman–Crippen MR) is 103 cm³/mol. The highest BCUT2D eigenvalue weighted by Gasteiger charge is 2.32. The van der Waals surface area contributed by atoms with Crippen molar-refractivity contribution in [1.82, 2.24) is 4.90 Å². The average molecular weight is 378 g/mol. The Labute approximate surface area is 163 Å². The highest BCUT2D eigenvalue weighted by Crippen LogP contribution is 2.32. The number of fused-ring (bicyclic) bond motifs is 1. The van der Waals surface area contributed by atoms with Gasteiger partial charge in [-0.15, -0.1) is 0 Å². The van der Waals surface area contributed by atoms with E-state index in [9.17, 15) is 14.3 Å². The van der Waals surface area contributed by atoms with Gasteiger partial charge in [0.05, 0.1) is 12.7 Å². The molecule has 1 fully saturated rings. The number of carbonyl (C=O) groups excluding carboxylic acids is 1. The number of likely N-dealkylation sites (tertiary alicyclic amines) is 1. The molecule has 0 N–H and O–H groups in total. The fourth-order valence-corrected chi connectivity index (χ4v) is 3.91. The maximum absolute atomic E-state index is 14.3. The van der Waals surface area contributed by atoms with Crippen LogP contribution in [-0.2, 0) is 11.3 Å². The van der Waals surface area contributed by atoms with Gasteiger partial charge < -0.3 is 19.5 Å². The number of carboxylic acid groups (broad SMARTS) is 1. The first-order valence-electron chi connectivity index (χ1n) is 9.41. The Hall–Kier alpha value is -2.92. The number of amides is 1. The molecule has 0 radical (unpaired) electrons. The van der Waals surface area contributed by atoms with E-state index in [0.29, 0.717) is 25.1 Å². The van der Waals surface area contributed by atoms with Crippen LogP contribution in [0, 0.1) is 5.82 Å². The SMILES string of the molecule is O=C([O-])N1CCC(c2ccccc2F)C(OCc2ccc3ccccc3c2)C1. The monoisotopic (exact) mass is 378 g/mol. The summed E-state index contributed by atoms with van der Waals surface area (Å²) in [5.41, 5.74) is 1.57. The third-order valence-corrected chi connectivity index (χ3v) is 5.40. The molecule has 1 heterocycles. The van der Waals surface area contributed by atoms with Gasteiger partial charge in [-0.2, -0.15) is 0 Å². The maximum atomic E-state index is 14.3. The third kappa shape index (κ3) is 3.85. The zero-order valence-corrected chi connectivity index (χ0v) is 15.4. The Kier molecular flexibility index (Phi) is 5.26. The van der Waals surface area contributed by atoms with E-state index in [-0.39, 0.29) is 18.3 Å². The lowest BCUT2D eigenvalue weighted by atomic mass is 9.86. The molecule has 28 heavy (non-hydrogen) atoms. The van der Waals surface area contributed by atoms with Crippen LogP contribution in [0.5, 0.6) is 0 Å². The first-order chi connectivity index (χ1) is 13.6. The van der Waals surface area contributed by atoms with Crippen molar-refractivity contribution in [2.75, 3.05) is 13.1 Å². The topological polar surface area (TPSA) is 52.6 Å². The second-order valence-electron chi connectivity index (χ2n) is 7.16. The summed E-state index contributed by atoms with van der Waals surface area (Å²) in [6, 6.07) is 20.8. The highest BCUT2D eigenvalue weighted by atomic mass is 19.1. The minimum Gasteiger partial charge on any atom is -0.530 e. The van der Waals surface area contributed by atoms with E-state index >= 15 is 0 Å². The number of carbonyl (C=O) groups is 1. The number of hydrogen-bond acceptors (Lipinski definition) is 3. The van der Waals surface area contributed by atoms with Crippen molar-refractivity contribution in [2.24, 2.45) is 0 Å². The molecule has 3 aromatic rings. The number of hydrogen-bond donors (Lipinski definition) is 0. The molecule has 0 spiro atoms. The standard InChI is InChI=1S/C23H22FNO3/c24-21-8-4-3-7-19(21)20-11-12-25(23(26)27)14-22(20)28-15-16-9-10-17-5-1-2-6-18(17)13-16/h1-10,13,20,22H,11-12,14-15H2,(H,26,27)/p-1. The van der Waals surface area contributed by atoms with E-state index in [4.69, 9.17) is 4.74 Å². The summed E-state index contributed by atoms with van der Waals surface area (Å²) in [6.45, 7) is 0.827. The predicted octanol–water partition coefficient (Wildman–Crippen LogP) is 3.70. The van der Waals surface area contributed by atoms with Gasteiger partial charge in [0.25, 0.3) is 0 Å². The minimum atomic E-state index is -1.22. The van der Waals surface area contributed by atoms with Gasteiger partial charge in [-0.1, -0.05) is 54.6 Å². The van der Waals surface area contributed by atoms with E-state index in [0.717, 1.165) is 16.3 Å². The van der Waals surface area contributed by atoms with Gasteiger partial charge in [-0.3, -0.25) is 0 Å². The first-order valence-corrected chi connectivity index (χ1v) is 9.41. The van der Waals surface area contributed by atoms with E-state index in [1.54, 1.807) is 18.2 Å². The number of halogens is 1. The van der Waals surface area contributed by atoms with Gasteiger partial charge in [0.2, 0.25) is 0 Å². The largest absolute Gasteiger partial charge is 0.530 e. The smallest absolute Gasteiger partial charge is 0.137 e. The highest BCUT2D eigenvalue weighted by molar-refractivity contribution is 5.82. The number of piperidine rings is 1. The lowest BCUT2D eigenvalue weighted by Crippen LogP contribution is -2.51. The molecule has 0 bridgehead atoms. The van der Waals surface area contributed by atoms with Crippen molar-refractivity contribution in [3.8, 4) is 0 Å². The normalized spacial score (nSPS) is 19.7. The Morgan fingerprint density at radius 1 is 1.07 bits per heavy atom. The van der Waals surface area contributed by atoms with Crippen molar-refractivity contribution >= 4 is 16.9 Å². The molecule has 2 unspecified atom stereocenters. The lowest BCUT2D eigenvalue weighted by molar-refractivity contribution is -0.268. The molecular weight excluding hydrogens is 357 g/mol. The van der Waals surface area contributed by atoms with Crippen molar-refractivity contribution in [3.05, 3.63) is 83.7 Å². The summed E-state index contributed by atoms with van der Waals surface area (Å²) >= 11 is 0. The van der Waals surface area contributed by atoms with Gasteiger partial charge in [0.1, 0.15) is 11.9 Å². The maximum Gasteiger partial charge on any atom is 0.137 e. The molecule has 1 amide bonds. The van der Waals surface area contributed by atoms with Crippen LogP contribution in [-0.4, -0.2) is 30.2 Å². The van der Waals surface area contributed by atoms with Crippen molar-refractivity contribution in [1.29, 1.82) is 0 Å². The molecule has 3 aromatic carbocycles. The molecule has 0 aliphatic carbocycles. The van der Waals surface area contributed by atoms with Crippen molar-refractivity contribution in [3.63, 3.8) is 0 Å². The van der Waals surface area contributed by atoms with Gasteiger partial charge in [-0.25, -0.2) is 4.39 Å². The third-order valence-electron chi connectivity index (χ3n) is 5.40. The van der Waals surface area contributed by atoms with E-state index < -0.39 is 12.2 Å². The van der Waals surface area contributed by atoms with Crippen molar-refractivity contribution in [2.45, 2.75) is 25.0 Å². The Morgan fingerprint density at radius 2 is 1.82 bits per heavy atom. The first kappa shape index (κ1) is 18.4. The van der Waals surface area contributed by atoms with Gasteiger partial charge in [-0.05, 0) is 40.5 Å². The molecule has 2 atom stereocenters. The molecule has 144 valence electrons. The quantitative estimate of drug-likeness (QED) is 0.696. The van der Waals surface area contributed by atoms with Crippen LogP contribution in [0.1, 0.15) is 23.5 Å². The zero-order valence-electron chi connectivity index (χ0n) is 15.4. The van der Waals surface area contributed by atoms with Crippen LogP contribution < -0.4 is 5.11 Å². The minimum absolute atomic E-state index is 0.176. The summed E-state index contributed by atoms with van der Waals surface area (Å²) < 4.78 is 20.5. The van der Waals surface area contributed by atoms with E-state index in [1.165, 1.54) is 11.0 Å². The summed E-state index contributed by atoms with van der Waals surface area (Å²) in [4.78, 5) is 12.6. The Morgan fingerprint density at radius 3 is 2.61 bits per heavy atom. The molecule has 1 aliphatic heterocycles. The molecule has 1 aliphatic rings. The fourth-order valence-electron chi connectivity index (χ4n) is 3.91. The number of nitrogens with zero attached hydrogens (tertiary/aromatic N) is 1. The number of benzene rings is 3. The van der Waals surface area contributed by atoms with Crippen LogP contribution in [0.4, 0.5) is 9.18 Å². The molecule has 0 aromatic heterocycles. The summed E-state index contributed by atoms with van der Waals surface area (Å²) in [7, 11) is 0. The second-order valence-corrected chi connectivity index (χ2v) is 7.16. The fraction of sp³-hybridized carbons (Fsp3) is 0.261. The Bertz CT molecular complexity index is 990. The van der Waals surface area contributed by atoms with Gasteiger partial charge in [0, 0.05) is 19.0 Å². The summed E-state index contributed by atoms with van der Waals surface area (Å²) in [5.74, 6) is -0.481. The molecule has 4 nitrogen and oxygen atoms in total. The summed E-state index contributed by atoms with van der Waals surface area (Å²) in [6.07, 6.45) is -1.15.